The smallest absolute Gasteiger partial charge is 0.188 e. The maximum atomic E-state index is 11.9. The fourth-order valence-corrected chi connectivity index (χ4v) is 2.81. The van der Waals surface area contributed by atoms with Gasteiger partial charge in [-0.25, -0.2) is 0 Å². The van der Waals surface area contributed by atoms with Crippen molar-refractivity contribution >= 4 is 11.6 Å². The lowest BCUT2D eigenvalue weighted by molar-refractivity contribution is 0.0994. The lowest BCUT2D eigenvalue weighted by Gasteiger charge is -2.17. The molecule has 0 amide bonds. The van der Waals surface area contributed by atoms with Crippen LogP contribution in [0.3, 0.4) is 0 Å². The van der Waals surface area contributed by atoms with Crippen LogP contribution in [0.15, 0.2) is 12.2 Å². The predicted molar refractivity (Wildman–Crippen MR) is 59.9 cm³/mol. The van der Waals surface area contributed by atoms with Gasteiger partial charge in [-0.1, -0.05) is 0 Å². The van der Waals surface area contributed by atoms with E-state index in [1.165, 1.54) is 12.2 Å². The fraction of sp³-hybridized carbons (Fsp3) is 0.385. The topological polar surface area (TPSA) is 39.1 Å². The monoisotopic (exact) mass is 215 g/mol. The molecule has 3 nitrogen and oxygen atoms in total. The maximum absolute atomic E-state index is 11.9. The lowest BCUT2D eigenvalue weighted by atomic mass is 9.94. The molecule has 82 valence electrons. The van der Waals surface area contributed by atoms with Crippen molar-refractivity contribution in [3.8, 4) is 0 Å². The molecule has 0 N–H and O–H groups in total. The Labute approximate surface area is 93.8 Å². The van der Waals surface area contributed by atoms with E-state index in [2.05, 4.69) is 4.57 Å². The van der Waals surface area contributed by atoms with E-state index in [0.29, 0.717) is 11.1 Å². The third kappa shape index (κ3) is 1.08. The normalized spacial score (nSPS) is 18.6. The summed E-state index contributed by atoms with van der Waals surface area (Å²) in [5.41, 5.74) is 3.35. The number of fused-ring (bicyclic) bond motifs is 3. The minimum atomic E-state index is -0.0194. The Hall–Kier alpha value is -1.64. The first-order valence-corrected chi connectivity index (χ1v) is 5.69. The van der Waals surface area contributed by atoms with E-state index >= 15 is 0 Å². The molecule has 2 aliphatic rings. The Bertz CT molecular complexity index is 535. The summed E-state index contributed by atoms with van der Waals surface area (Å²) in [6, 6.07) is 0. The van der Waals surface area contributed by atoms with Crippen molar-refractivity contribution in [3.05, 3.63) is 34.7 Å². The summed E-state index contributed by atoms with van der Waals surface area (Å²) >= 11 is 0. The summed E-state index contributed by atoms with van der Waals surface area (Å²) in [5.74, 6) is -0.0256. The number of hydrogen-bond acceptors (Lipinski definition) is 2. The van der Waals surface area contributed by atoms with Gasteiger partial charge in [-0.05, 0) is 38.3 Å². The quantitative estimate of drug-likeness (QED) is 0.664. The van der Waals surface area contributed by atoms with Crippen LogP contribution in [0.4, 0.5) is 0 Å². The van der Waals surface area contributed by atoms with Gasteiger partial charge in [0.05, 0.1) is 11.1 Å². The fourth-order valence-electron chi connectivity index (χ4n) is 2.81. The number of allylic oxidation sites excluding steroid dienone is 2. The molecule has 1 aromatic rings. The third-order valence-electron chi connectivity index (χ3n) is 3.56. The molecule has 3 rings (SSSR count). The minimum Gasteiger partial charge on any atom is -0.347 e. The van der Waals surface area contributed by atoms with Gasteiger partial charge in [0.1, 0.15) is 0 Å². The minimum absolute atomic E-state index is 0.00616. The number of aromatic nitrogens is 1. The summed E-state index contributed by atoms with van der Waals surface area (Å²) in [5, 5.41) is 0. The van der Waals surface area contributed by atoms with E-state index in [1.54, 1.807) is 0 Å². The van der Waals surface area contributed by atoms with E-state index in [4.69, 9.17) is 0 Å². The molecule has 2 heterocycles. The SMILES string of the molecule is Cc1c2c(c3n1CCCC3)C(=O)C=CC2=O. The Kier molecular flexibility index (Phi) is 1.90. The standard InChI is InChI=1S/C13H13NO2/c1-8-12-10(15)5-6-11(16)13(12)9-4-2-3-7-14(8)9/h5-6H,2-4,7H2,1H3. The molecule has 0 atom stereocenters. The maximum Gasteiger partial charge on any atom is 0.188 e. The van der Waals surface area contributed by atoms with Crippen LogP contribution in [0.1, 0.15) is 44.9 Å². The molecule has 3 heteroatoms. The van der Waals surface area contributed by atoms with Crippen LogP contribution in [-0.4, -0.2) is 16.1 Å². The van der Waals surface area contributed by atoms with Crippen LogP contribution in [0.25, 0.3) is 0 Å². The Balaban J connectivity index is 2.33. The lowest BCUT2D eigenvalue weighted by Crippen LogP contribution is -2.14. The summed E-state index contributed by atoms with van der Waals surface area (Å²) in [6.07, 6.45) is 5.96. The number of rotatable bonds is 0. The molecule has 0 fully saturated rings. The van der Waals surface area contributed by atoms with Crippen molar-refractivity contribution in [2.45, 2.75) is 32.7 Å². The molecular weight excluding hydrogens is 202 g/mol. The zero-order valence-electron chi connectivity index (χ0n) is 9.25. The van der Waals surface area contributed by atoms with E-state index in [9.17, 15) is 9.59 Å². The molecule has 0 unspecified atom stereocenters. The van der Waals surface area contributed by atoms with Crippen LogP contribution in [-0.2, 0) is 13.0 Å². The zero-order valence-corrected chi connectivity index (χ0v) is 9.25. The van der Waals surface area contributed by atoms with Crippen molar-refractivity contribution in [1.82, 2.24) is 4.57 Å². The second-order valence-corrected chi connectivity index (χ2v) is 4.45. The predicted octanol–water partition coefficient (Wildman–Crippen LogP) is 2.07. The summed E-state index contributed by atoms with van der Waals surface area (Å²) in [4.78, 5) is 23.7. The van der Waals surface area contributed by atoms with E-state index in [-0.39, 0.29) is 11.6 Å². The van der Waals surface area contributed by atoms with Gasteiger partial charge in [-0.2, -0.15) is 0 Å². The highest BCUT2D eigenvalue weighted by Gasteiger charge is 2.30. The van der Waals surface area contributed by atoms with Crippen LogP contribution in [0.2, 0.25) is 0 Å². The molecule has 1 aliphatic carbocycles. The van der Waals surface area contributed by atoms with Crippen molar-refractivity contribution in [1.29, 1.82) is 0 Å². The highest BCUT2D eigenvalue weighted by molar-refractivity contribution is 6.23. The van der Waals surface area contributed by atoms with Gasteiger partial charge >= 0.3 is 0 Å². The third-order valence-corrected chi connectivity index (χ3v) is 3.56. The van der Waals surface area contributed by atoms with Gasteiger partial charge in [0, 0.05) is 17.9 Å². The van der Waals surface area contributed by atoms with E-state index in [0.717, 1.165) is 37.2 Å². The molecule has 0 bridgehead atoms. The van der Waals surface area contributed by atoms with Crippen molar-refractivity contribution in [3.63, 3.8) is 0 Å². The molecule has 0 radical (unpaired) electrons. The van der Waals surface area contributed by atoms with Crippen molar-refractivity contribution in [2.24, 2.45) is 0 Å². The van der Waals surface area contributed by atoms with Gasteiger partial charge in [0.15, 0.2) is 11.6 Å². The highest BCUT2D eigenvalue weighted by Crippen LogP contribution is 2.31. The Morgan fingerprint density at radius 2 is 1.75 bits per heavy atom. The number of ketones is 2. The highest BCUT2D eigenvalue weighted by atomic mass is 16.1. The first kappa shape index (κ1) is 9.58. The molecule has 1 aromatic heterocycles. The Morgan fingerprint density at radius 1 is 1.06 bits per heavy atom. The summed E-state index contributed by atoms with van der Waals surface area (Å²) in [6.45, 7) is 2.88. The molecule has 0 spiro atoms. The molecule has 0 aromatic carbocycles. The number of carbonyl (C=O) groups excluding carboxylic acids is 2. The van der Waals surface area contributed by atoms with Crippen LogP contribution in [0.5, 0.6) is 0 Å². The van der Waals surface area contributed by atoms with Gasteiger partial charge in [0.25, 0.3) is 0 Å². The van der Waals surface area contributed by atoms with Crippen LogP contribution in [0, 0.1) is 6.92 Å². The molecule has 0 saturated heterocycles. The molecule has 0 saturated carbocycles. The average Bonchev–Trinajstić information content (AvgIpc) is 2.60. The second-order valence-electron chi connectivity index (χ2n) is 4.45. The average molecular weight is 215 g/mol. The molecule has 1 aliphatic heterocycles. The van der Waals surface area contributed by atoms with Gasteiger partial charge in [-0.3, -0.25) is 9.59 Å². The van der Waals surface area contributed by atoms with Gasteiger partial charge < -0.3 is 4.57 Å². The van der Waals surface area contributed by atoms with Gasteiger partial charge in [-0.15, -0.1) is 0 Å². The second kappa shape index (κ2) is 3.17. The van der Waals surface area contributed by atoms with Crippen molar-refractivity contribution in [2.75, 3.05) is 0 Å². The van der Waals surface area contributed by atoms with Crippen LogP contribution >= 0.6 is 0 Å². The van der Waals surface area contributed by atoms with Gasteiger partial charge in [0.2, 0.25) is 0 Å². The molecular formula is C13H13NO2. The zero-order chi connectivity index (χ0) is 11.3. The summed E-state index contributed by atoms with van der Waals surface area (Å²) in [7, 11) is 0. The molecule has 16 heavy (non-hydrogen) atoms. The summed E-state index contributed by atoms with van der Waals surface area (Å²) < 4.78 is 2.15. The van der Waals surface area contributed by atoms with Crippen LogP contribution < -0.4 is 0 Å². The Morgan fingerprint density at radius 3 is 2.50 bits per heavy atom. The first-order valence-electron chi connectivity index (χ1n) is 5.69. The van der Waals surface area contributed by atoms with E-state index in [1.807, 2.05) is 6.92 Å². The number of carbonyl (C=O) groups is 2. The van der Waals surface area contributed by atoms with Crippen molar-refractivity contribution < 1.29 is 9.59 Å². The van der Waals surface area contributed by atoms with E-state index < -0.39 is 0 Å². The number of nitrogens with zero attached hydrogens (tertiary/aromatic N) is 1. The largest absolute Gasteiger partial charge is 0.347 e. The first-order chi connectivity index (χ1) is 7.70. The number of hydrogen-bond donors (Lipinski definition) is 0.